The van der Waals surface area contributed by atoms with E-state index < -0.39 is 5.63 Å². The Kier molecular flexibility index (Phi) is 6.50. The minimum absolute atomic E-state index is 0.150. The molecular formula is C24H24O5. The number of esters is 1. The van der Waals surface area contributed by atoms with Crippen molar-refractivity contribution >= 4 is 23.0 Å². The number of carbonyl (C=O) groups is 1. The molecule has 0 atom stereocenters. The van der Waals surface area contributed by atoms with Crippen molar-refractivity contribution in [1.82, 2.24) is 0 Å². The Labute approximate surface area is 169 Å². The summed E-state index contributed by atoms with van der Waals surface area (Å²) in [7, 11) is 0. The Morgan fingerprint density at radius 3 is 2.62 bits per heavy atom. The quantitative estimate of drug-likeness (QED) is 0.406. The van der Waals surface area contributed by atoms with Crippen LogP contribution in [0.5, 0.6) is 5.75 Å². The Morgan fingerprint density at radius 1 is 1.17 bits per heavy atom. The zero-order valence-electron chi connectivity index (χ0n) is 16.7. The molecule has 0 unspecified atom stereocenters. The summed E-state index contributed by atoms with van der Waals surface area (Å²) in [5.74, 6) is 0.295. The third kappa shape index (κ3) is 4.93. The van der Waals surface area contributed by atoms with Crippen molar-refractivity contribution in [2.75, 3.05) is 6.61 Å². The van der Waals surface area contributed by atoms with Gasteiger partial charge >= 0.3 is 11.6 Å². The Morgan fingerprint density at radius 2 is 1.93 bits per heavy atom. The van der Waals surface area contributed by atoms with E-state index in [0.717, 1.165) is 22.1 Å². The average Bonchev–Trinajstić information content (AvgIpc) is 2.72. The van der Waals surface area contributed by atoms with Crippen LogP contribution in [0.15, 0.2) is 58.3 Å². The molecule has 150 valence electrons. The number of aryl methyl sites for hydroxylation is 1. The van der Waals surface area contributed by atoms with E-state index >= 15 is 0 Å². The third-order valence-electron chi connectivity index (χ3n) is 4.76. The maximum absolute atomic E-state index is 12.4. The molecule has 5 nitrogen and oxygen atoms in total. The monoisotopic (exact) mass is 392 g/mol. The summed E-state index contributed by atoms with van der Waals surface area (Å²) in [6, 6.07) is 13.4. The predicted molar refractivity (Wildman–Crippen MR) is 113 cm³/mol. The lowest BCUT2D eigenvalue weighted by Crippen LogP contribution is -2.13. The lowest BCUT2D eigenvalue weighted by atomic mass is 10.0. The van der Waals surface area contributed by atoms with Crippen LogP contribution in [-0.2, 0) is 22.6 Å². The fraction of sp³-hybridized carbons (Fsp3) is 0.250. The van der Waals surface area contributed by atoms with Crippen LogP contribution in [0.3, 0.4) is 0 Å². The van der Waals surface area contributed by atoms with E-state index in [1.807, 2.05) is 43.3 Å². The lowest BCUT2D eigenvalue weighted by molar-refractivity contribution is -0.143. The number of fused-ring (bicyclic) bond motifs is 1. The van der Waals surface area contributed by atoms with E-state index in [2.05, 4.69) is 6.58 Å². The van der Waals surface area contributed by atoms with E-state index in [1.54, 1.807) is 19.1 Å². The van der Waals surface area contributed by atoms with E-state index in [4.69, 9.17) is 13.9 Å². The second-order valence-electron chi connectivity index (χ2n) is 6.69. The molecule has 0 aliphatic carbocycles. The summed E-state index contributed by atoms with van der Waals surface area (Å²) in [4.78, 5) is 24.0. The molecule has 1 aromatic heterocycles. The molecule has 0 spiro atoms. The SMILES string of the molecule is C=Cc1ccc(COc2ccc3c(C)c(CCC(=O)OCC)c(=O)oc3c2)cc1. The van der Waals surface area contributed by atoms with Gasteiger partial charge in [0, 0.05) is 23.4 Å². The van der Waals surface area contributed by atoms with Gasteiger partial charge in [-0.25, -0.2) is 4.79 Å². The summed E-state index contributed by atoms with van der Waals surface area (Å²) in [5, 5.41) is 0.825. The minimum atomic E-state index is -0.434. The van der Waals surface area contributed by atoms with Gasteiger partial charge in [-0.05, 0) is 49.1 Å². The highest BCUT2D eigenvalue weighted by molar-refractivity contribution is 5.82. The maximum atomic E-state index is 12.4. The van der Waals surface area contributed by atoms with Gasteiger partial charge in [0.05, 0.1) is 6.61 Å². The zero-order valence-corrected chi connectivity index (χ0v) is 16.7. The molecule has 5 heteroatoms. The van der Waals surface area contributed by atoms with Gasteiger partial charge in [0.2, 0.25) is 0 Å². The Hall–Kier alpha value is -3.34. The van der Waals surface area contributed by atoms with E-state index in [1.165, 1.54) is 0 Å². The van der Waals surface area contributed by atoms with Gasteiger partial charge in [-0.1, -0.05) is 36.9 Å². The molecule has 3 aromatic rings. The van der Waals surface area contributed by atoms with Crippen molar-refractivity contribution in [2.45, 2.75) is 33.3 Å². The molecule has 0 aliphatic rings. The third-order valence-corrected chi connectivity index (χ3v) is 4.76. The fourth-order valence-corrected chi connectivity index (χ4v) is 3.13. The number of hydrogen-bond donors (Lipinski definition) is 0. The zero-order chi connectivity index (χ0) is 20.8. The summed E-state index contributed by atoms with van der Waals surface area (Å²) in [5.41, 5.74) is 3.43. The number of ether oxygens (including phenoxy) is 2. The van der Waals surface area contributed by atoms with Crippen LogP contribution in [-0.4, -0.2) is 12.6 Å². The van der Waals surface area contributed by atoms with Crippen molar-refractivity contribution in [2.24, 2.45) is 0 Å². The van der Waals surface area contributed by atoms with Gasteiger partial charge in [-0.15, -0.1) is 0 Å². The Balaban J connectivity index is 1.77. The van der Waals surface area contributed by atoms with Crippen molar-refractivity contribution in [3.8, 4) is 5.75 Å². The average molecular weight is 392 g/mol. The summed E-state index contributed by atoms with van der Waals surface area (Å²) < 4.78 is 16.3. The first-order valence-corrected chi connectivity index (χ1v) is 9.58. The van der Waals surface area contributed by atoms with Crippen molar-refractivity contribution in [3.63, 3.8) is 0 Å². The number of rotatable bonds is 8. The highest BCUT2D eigenvalue weighted by atomic mass is 16.5. The van der Waals surface area contributed by atoms with Crippen molar-refractivity contribution in [3.05, 3.63) is 81.7 Å². The van der Waals surface area contributed by atoms with Crippen molar-refractivity contribution in [1.29, 1.82) is 0 Å². The minimum Gasteiger partial charge on any atom is -0.489 e. The smallest absolute Gasteiger partial charge is 0.339 e. The molecule has 29 heavy (non-hydrogen) atoms. The largest absolute Gasteiger partial charge is 0.489 e. The molecule has 0 bridgehead atoms. The lowest BCUT2D eigenvalue weighted by Gasteiger charge is -2.10. The molecule has 3 rings (SSSR count). The standard InChI is InChI=1S/C24H24O5/c1-4-17-6-8-18(9-7-17)15-28-19-10-11-20-16(3)21(12-13-23(25)27-5-2)24(26)29-22(20)14-19/h4,6-11,14H,1,5,12-13,15H2,2-3H3. The number of hydrogen-bond acceptors (Lipinski definition) is 5. The fourth-order valence-electron chi connectivity index (χ4n) is 3.13. The molecule has 0 N–H and O–H groups in total. The van der Waals surface area contributed by atoms with Gasteiger partial charge < -0.3 is 13.9 Å². The van der Waals surface area contributed by atoms with Gasteiger partial charge in [-0.2, -0.15) is 0 Å². The van der Waals surface area contributed by atoms with Crippen molar-refractivity contribution < 1.29 is 18.7 Å². The molecule has 2 aromatic carbocycles. The molecule has 0 saturated carbocycles. The van der Waals surface area contributed by atoms with Gasteiger partial charge in [-0.3, -0.25) is 4.79 Å². The molecule has 1 heterocycles. The second-order valence-corrected chi connectivity index (χ2v) is 6.69. The molecule has 0 radical (unpaired) electrons. The topological polar surface area (TPSA) is 65.7 Å². The molecule has 0 aliphatic heterocycles. The number of benzene rings is 2. The second kappa shape index (κ2) is 9.24. The van der Waals surface area contributed by atoms with Gasteiger partial charge in [0.25, 0.3) is 0 Å². The van der Waals surface area contributed by atoms with E-state index in [9.17, 15) is 9.59 Å². The van der Waals surface area contributed by atoms with E-state index in [-0.39, 0.29) is 12.4 Å². The summed E-state index contributed by atoms with van der Waals surface area (Å²) >= 11 is 0. The van der Waals surface area contributed by atoms with Gasteiger partial charge in [0.1, 0.15) is 17.9 Å². The first-order valence-electron chi connectivity index (χ1n) is 9.58. The van der Waals surface area contributed by atoms with E-state index in [0.29, 0.717) is 36.5 Å². The normalized spacial score (nSPS) is 10.7. The van der Waals surface area contributed by atoms with Crippen LogP contribution in [0.25, 0.3) is 17.0 Å². The van der Waals surface area contributed by atoms with Crippen LogP contribution >= 0.6 is 0 Å². The Bertz CT molecular complexity index is 1080. The number of carbonyl (C=O) groups excluding carboxylic acids is 1. The maximum Gasteiger partial charge on any atom is 0.339 e. The summed E-state index contributed by atoms with van der Waals surface area (Å²) in [6.45, 7) is 8.09. The van der Waals surface area contributed by atoms with Crippen LogP contribution < -0.4 is 10.4 Å². The molecule has 0 amide bonds. The predicted octanol–water partition coefficient (Wildman–Crippen LogP) is 4.82. The van der Waals surface area contributed by atoms with Crippen LogP contribution in [0, 0.1) is 6.92 Å². The van der Waals surface area contributed by atoms with Crippen LogP contribution in [0.1, 0.15) is 35.6 Å². The van der Waals surface area contributed by atoms with Crippen LogP contribution in [0.4, 0.5) is 0 Å². The van der Waals surface area contributed by atoms with Gasteiger partial charge in [0.15, 0.2) is 0 Å². The molecule has 0 saturated heterocycles. The van der Waals surface area contributed by atoms with Crippen LogP contribution in [0.2, 0.25) is 0 Å². The first kappa shape index (κ1) is 20.4. The first-order chi connectivity index (χ1) is 14.0. The molecular weight excluding hydrogens is 368 g/mol. The molecule has 0 fully saturated rings. The highest BCUT2D eigenvalue weighted by Crippen LogP contribution is 2.25. The highest BCUT2D eigenvalue weighted by Gasteiger charge is 2.14. The summed E-state index contributed by atoms with van der Waals surface area (Å²) in [6.07, 6.45) is 2.23.